The Morgan fingerprint density at radius 1 is 1.83 bits per heavy atom. The molecule has 0 spiro atoms. The van der Waals surface area contributed by atoms with E-state index in [0.29, 0.717) is 0 Å². The predicted molar refractivity (Wildman–Crippen MR) is 17.1 cm³/mol. The Balaban J connectivity index is 3.05. The second kappa shape index (κ2) is 0.965. The minimum atomic E-state index is -0.144. The van der Waals surface area contributed by atoms with Gasteiger partial charge in [0.05, 0.1) is 0 Å². The van der Waals surface area contributed by atoms with Gasteiger partial charge in [-0.15, -0.1) is 5.10 Å². The van der Waals surface area contributed by atoms with Crippen molar-refractivity contribution < 1.29 is 4.42 Å². The molecule has 0 aliphatic rings. The summed E-state index contributed by atoms with van der Waals surface area (Å²) in [5, 5.41) is 6.38. The zero-order chi connectivity index (χ0) is 4.41. The third-order valence-electron chi connectivity index (χ3n) is 0.360. The van der Waals surface area contributed by atoms with E-state index in [-0.39, 0.29) is 6.01 Å². The molecule has 0 aliphatic carbocycles. The Morgan fingerprint density at radius 2 is 2.67 bits per heavy atom. The van der Waals surface area contributed by atoms with Crippen molar-refractivity contribution in [1.29, 1.82) is 0 Å². The van der Waals surface area contributed by atoms with Crippen LogP contribution in [0.1, 0.15) is 0 Å². The van der Waals surface area contributed by atoms with Crippen LogP contribution in [-0.2, 0) is 0 Å². The summed E-state index contributed by atoms with van der Waals surface area (Å²) in [6.07, 6.45) is 1.11. The van der Waals surface area contributed by atoms with Gasteiger partial charge in [0.25, 0.3) is 0 Å². The monoisotopic (exact) mass is 84.0 g/mol. The number of rotatable bonds is 0. The van der Waals surface area contributed by atoms with E-state index in [0.717, 1.165) is 6.39 Å². The summed E-state index contributed by atoms with van der Waals surface area (Å²) < 4.78 is 4.28. The van der Waals surface area contributed by atoms with Crippen molar-refractivity contribution >= 4 is 6.01 Å². The molecule has 1 rings (SSSR count). The van der Waals surface area contributed by atoms with Crippen molar-refractivity contribution in [1.82, 2.24) is 15.9 Å². The highest BCUT2D eigenvalue weighted by molar-refractivity contribution is 4.93. The van der Waals surface area contributed by atoms with Gasteiger partial charge in [0.1, 0.15) is 0 Å². The Kier molecular flexibility index (Phi) is 0.506. The summed E-state index contributed by atoms with van der Waals surface area (Å²) >= 11 is 0. The second-order valence-corrected chi connectivity index (χ2v) is 0.744. The molecule has 0 atom stereocenters. The van der Waals surface area contributed by atoms with E-state index in [2.05, 4.69) is 14.6 Å². The van der Waals surface area contributed by atoms with Crippen LogP contribution in [-0.4, -0.2) is 10.2 Å². The highest BCUT2D eigenvalue weighted by Crippen LogP contribution is 1.89. The summed E-state index contributed by atoms with van der Waals surface area (Å²) in [6, 6.07) is -0.144. The molecule has 0 saturated carbocycles. The summed E-state index contributed by atoms with van der Waals surface area (Å²) in [7, 11) is 0. The number of nitrogens with one attached hydrogen (secondary N) is 1. The molecule has 1 N–H and O–H groups in total. The summed E-state index contributed by atoms with van der Waals surface area (Å²) in [5.74, 6) is 0. The zero-order valence-electron chi connectivity index (χ0n) is 2.88. The lowest BCUT2D eigenvalue weighted by molar-refractivity contribution is 0.560. The summed E-state index contributed by atoms with van der Waals surface area (Å²) in [5.41, 5.74) is 6.53. The van der Waals surface area contributed by atoms with Crippen LogP contribution < -0.4 is 5.73 Å². The maximum Gasteiger partial charge on any atom is 0.334 e. The minimum absolute atomic E-state index is 0.144. The average molecular weight is 84.1 g/mol. The van der Waals surface area contributed by atoms with Gasteiger partial charge in [0, 0.05) is 0 Å². The van der Waals surface area contributed by atoms with Crippen LogP contribution in [0.25, 0.3) is 0 Å². The largest absolute Gasteiger partial charge is 0.410 e. The SMILES string of the molecule is [NH]c1nnco1. The molecule has 1 heterocycles. The Hall–Kier alpha value is -1.06. The van der Waals surface area contributed by atoms with Crippen molar-refractivity contribution in [3.05, 3.63) is 6.39 Å². The zero-order valence-corrected chi connectivity index (χ0v) is 2.88. The first-order valence-electron chi connectivity index (χ1n) is 1.37. The van der Waals surface area contributed by atoms with E-state index in [1.807, 2.05) is 0 Å². The number of nitrogens with zero attached hydrogens (tertiary/aromatic N) is 2. The molecule has 0 unspecified atom stereocenters. The van der Waals surface area contributed by atoms with Gasteiger partial charge in [0.2, 0.25) is 6.39 Å². The number of hydrogen-bond donors (Lipinski definition) is 0. The van der Waals surface area contributed by atoms with E-state index in [9.17, 15) is 0 Å². The quantitative estimate of drug-likeness (QED) is 0.444. The minimum Gasteiger partial charge on any atom is -0.410 e. The van der Waals surface area contributed by atoms with Crippen LogP contribution in [0.15, 0.2) is 10.8 Å². The highest BCUT2D eigenvalue weighted by Gasteiger charge is 1.81. The molecule has 4 heteroatoms. The molecule has 31 valence electrons. The molecule has 1 aromatic rings. The lowest BCUT2D eigenvalue weighted by Gasteiger charge is -1.62. The van der Waals surface area contributed by atoms with Crippen LogP contribution in [0, 0.1) is 0 Å². The van der Waals surface area contributed by atoms with Crippen molar-refractivity contribution in [2.75, 3.05) is 0 Å². The summed E-state index contributed by atoms with van der Waals surface area (Å²) in [4.78, 5) is 0. The van der Waals surface area contributed by atoms with E-state index < -0.39 is 0 Å². The lowest BCUT2D eigenvalue weighted by Crippen LogP contribution is -1.64. The fraction of sp³-hybridized carbons (Fsp3) is 0. The molecule has 0 bridgehead atoms. The van der Waals surface area contributed by atoms with Crippen LogP contribution in [0.2, 0.25) is 0 Å². The van der Waals surface area contributed by atoms with Gasteiger partial charge in [-0.25, -0.2) is 5.73 Å². The van der Waals surface area contributed by atoms with Gasteiger partial charge in [-0.1, -0.05) is 5.10 Å². The first-order valence-corrected chi connectivity index (χ1v) is 1.37. The first kappa shape index (κ1) is 3.14. The average Bonchev–Trinajstić information content (AvgIpc) is 1.86. The lowest BCUT2D eigenvalue weighted by atomic mass is 11.2. The van der Waals surface area contributed by atoms with Crippen molar-refractivity contribution in [3.63, 3.8) is 0 Å². The third-order valence-corrected chi connectivity index (χ3v) is 0.360. The smallest absolute Gasteiger partial charge is 0.334 e. The predicted octanol–water partition coefficient (Wildman–Crippen LogP) is -0.0160. The molecule has 1 aromatic heterocycles. The van der Waals surface area contributed by atoms with Crippen LogP contribution in [0.4, 0.5) is 6.01 Å². The molecule has 6 heavy (non-hydrogen) atoms. The van der Waals surface area contributed by atoms with Gasteiger partial charge in [-0.05, 0) is 0 Å². The summed E-state index contributed by atoms with van der Waals surface area (Å²) in [6.45, 7) is 0. The van der Waals surface area contributed by atoms with Crippen molar-refractivity contribution in [3.8, 4) is 0 Å². The second-order valence-electron chi connectivity index (χ2n) is 0.744. The molecule has 0 amide bonds. The van der Waals surface area contributed by atoms with Crippen molar-refractivity contribution in [2.45, 2.75) is 0 Å². The molecule has 0 aliphatic heterocycles. The third kappa shape index (κ3) is 0.314. The van der Waals surface area contributed by atoms with Crippen LogP contribution >= 0.6 is 0 Å². The van der Waals surface area contributed by atoms with Gasteiger partial charge < -0.3 is 4.42 Å². The molecule has 0 fully saturated rings. The Morgan fingerprint density at radius 3 is 2.83 bits per heavy atom. The Bertz CT molecular complexity index is 112. The molecule has 0 aromatic carbocycles. The maximum atomic E-state index is 6.53. The maximum absolute atomic E-state index is 6.53. The fourth-order valence-electron chi connectivity index (χ4n) is 0.173. The standard InChI is InChI=1S/C2H2N3O/c3-2-5-4-1-6-2/h1,3H. The Labute approximate surface area is 34.0 Å². The van der Waals surface area contributed by atoms with E-state index in [1.165, 1.54) is 0 Å². The molecule has 1 radical (unpaired) electrons. The van der Waals surface area contributed by atoms with Gasteiger partial charge in [-0.2, -0.15) is 0 Å². The van der Waals surface area contributed by atoms with E-state index in [1.54, 1.807) is 0 Å². The fourth-order valence-corrected chi connectivity index (χ4v) is 0.173. The molecular weight excluding hydrogens is 82.0 g/mol. The van der Waals surface area contributed by atoms with E-state index in [4.69, 9.17) is 5.73 Å². The highest BCUT2D eigenvalue weighted by atomic mass is 16.4. The first-order chi connectivity index (χ1) is 2.89. The molecule has 0 saturated heterocycles. The topological polar surface area (TPSA) is 62.7 Å². The number of hydrogen-bond acceptors (Lipinski definition) is 3. The molecule has 4 nitrogen and oxygen atoms in total. The van der Waals surface area contributed by atoms with Crippen LogP contribution in [0.3, 0.4) is 0 Å². The number of aromatic nitrogens is 2. The van der Waals surface area contributed by atoms with Gasteiger partial charge in [0.15, 0.2) is 0 Å². The van der Waals surface area contributed by atoms with E-state index >= 15 is 0 Å². The van der Waals surface area contributed by atoms with Crippen LogP contribution in [0.5, 0.6) is 0 Å². The molecular formula is C2H2N3O. The normalized spacial score (nSPS) is 8.67. The van der Waals surface area contributed by atoms with Gasteiger partial charge in [-0.3, -0.25) is 0 Å². The van der Waals surface area contributed by atoms with Gasteiger partial charge >= 0.3 is 6.01 Å². The van der Waals surface area contributed by atoms with Crippen molar-refractivity contribution in [2.24, 2.45) is 0 Å².